The summed E-state index contributed by atoms with van der Waals surface area (Å²) in [6.07, 6.45) is 0.535. The highest BCUT2D eigenvalue weighted by Gasteiger charge is 2.21. The first-order chi connectivity index (χ1) is 10.0. The minimum atomic E-state index is -1.12. The molecule has 0 radical (unpaired) electrons. The van der Waals surface area contributed by atoms with E-state index < -0.39 is 5.97 Å². The van der Waals surface area contributed by atoms with Gasteiger partial charge in [-0.2, -0.15) is 0 Å². The van der Waals surface area contributed by atoms with E-state index in [2.05, 4.69) is 15.5 Å². The van der Waals surface area contributed by atoms with Crippen LogP contribution in [0.1, 0.15) is 30.8 Å². The van der Waals surface area contributed by atoms with E-state index in [1.165, 1.54) is 0 Å². The van der Waals surface area contributed by atoms with Gasteiger partial charge in [0.05, 0.1) is 11.2 Å². The Morgan fingerprint density at radius 1 is 1.29 bits per heavy atom. The predicted octanol–water partition coefficient (Wildman–Crippen LogP) is 2.15. The zero-order valence-corrected chi connectivity index (χ0v) is 12.1. The number of nitrogens with zero attached hydrogens (tertiary/aromatic N) is 2. The van der Waals surface area contributed by atoms with Gasteiger partial charge in [0.1, 0.15) is 0 Å². The second kappa shape index (κ2) is 6.49. The molecule has 0 bridgehead atoms. The fraction of sp³-hybridized carbons (Fsp3) is 0.400. The average Bonchev–Trinajstić information content (AvgIpc) is 2.46. The molecule has 1 aromatic carbocycles. The van der Waals surface area contributed by atoms with Crippen molar-refractivity contribution in [2.75, 3.05) is 11.9 Å². The first kappa shape index (κ1) is 15.2. The van der Waals surface area contributed by atoms with Crippen molar-refractivity contribution in [2.24, 2.45) is 5.92 Å². The predicted molar refractivity (Wildman–Crippen MR) is 80.4 cm³/mol. The topological polar surface area (TPSA) is 95.3 Å². The summed E-state index contributed by atoms with van der Waals surface area (Å²) in [5.41, 5.74) is 0.994. The zero-order chi connectivity index (χ0) is 15.4. The van der Waals surface area contributed by atoms with E-state index in [4.69, 9.17) is 0 Å². The molecule has 0 amide bonds. The van der Waals surface area contributed by atoms with Gasteiger partial charge >= 0.3 is 5.97 Å². The molecule has 1 unspecified atom stereocenters. The van der Waals surface area contributed by atoms with Gasteiger partial charge in [-0.1, -0.05) is 32.0 Å². The molecule has 0 aliphatic carbocycles. The van der Waals surface area contributed by atoms with Gasteiger partial charge in [0.2, 0.25) is 0 Å². The highest BCUT2D eigenvalue weighted by molar-refractivity contribution is 6.02. The van der Waals surface area contributed by atoms with E-state index in [9.17, 15) is 15.0 Å². The minimum Gasteiger partial charge on any atom is -0.476 e. The summed E-state index contributed by atoms with van der Waals surface area (Å²) in [7, 11) is 0. The van der Waals surface area contributed by atoms with Crippen LogP contribution in [-0.4, -0.2) is 39.0 Å². The fourth-order valence-corrected chi connectivity index (χ4v) is 2.25. The molecule has 1 atom stereocenters. The number of carbonyl (C=O) groups is 1. The second-order valence-corrected chi connectivity index (χ2v) is 5.25. The Balaban J connectivity index is 2.53. The van der Waals surface area contributed by atoms with Crippen molar-refractivity contribution in [3.8, 4) is 0 Å². The lowest BCUT2D eigenvalue weighted by atomic mass is 10.00. The average molecular weight is 289 g/mol. The summed E-state index contributed by atoms with van der Waals surface area (Å²) in [6.45, 7) is 4.07. The Bertz CT molecular complexity index is 643. The Hall–Kier alpha value is -2.21. The third-order valence-electron chi connectivity index (χ3n) is 3.45. The molecular weight excluding hydrogens is 270 g/mol. The maximum atomic E-state index is 11.4. The Morgan fingerprint density at radius 3 is 2.62 bits per heavy atom. The smallest absolute Gasteiger partial charge is 0.358 e. The van der Waals surface area contributed by atoms with Gasteiger partial charge in [0.25, 0.3) is 0 Å². The van der Waals surface area contributed by atoms with Crippen molar-refractivity contribution < 1.29 is 15.0 Å². The largest absolute Gasteiger partial charge is 0.476 e. The summed E-state index contributed by atoms with van der Waals surface area (Å²) < 4.78 is 0. The lowest BCUT2D eigenvalue weighted by molar-refractivity contribution is 0.0690. The number of rotatable bonds is 6. The van der Waals surface area contributed by atoms with Crippen LogP contribution in [0, 0.1) is 5.92 Å². The van der Waals surface area contributed by atoms with E-state index in [1.807, 2.05) is 32.0 Å². The summed E-state index contributed by atoms with van der Waals surface area (Å²) in [5.74, 6) is -0.881. The molecule has 112 valence electrons. The van der Waals surface area contributed by atoms with Crippen LogP contribution < -0.4 is 5.32 Å². The van der Waals surface area contributed by atoms with Crippen LogP contribution in [0.5, 0.6) is 0 Å². The quantitative estimate of drug-likeness (QED) is 0.754. The summed E-state index contributed by atoms with van der Waals surface area (Å²) >= 11 is 0. The maximum Gasteiger partial charge on any atom is 0.358 e. The van der Waals surface area contributed by atoms with Gasteiger partial charge in [0, 0.05) is 18.0 Å². The SMILES string of the molecule is CC(C)C(CCO)Nc1c(C(=O)O)nnc2ccccc12. The van der Waals surface area contributed by atoms with Gasteiger partial charge in [-0.15, -0.1) is 10.2 Å². The van der Waals surface area contributed by atoms with E-state index in [1.54, 1.807) is 6.07 Å². The third kappa shape index (κ3) is 3.28. The molecule has 1 aromatic heterocycles. The Labute approximate surface area is 122 Å². The number of carboxylic acids is 1. The van der Waals surface area contributed by atoms with Crippen molar-refractivity contribution in [3.63, 3.8) is 0 Å². The zero-order valence-electron chi connectivity index (χ0n) is 12.1. The number of nitrogens with one attached hydrogen (secondary N) is 1. The summed E-state index contributed by atoms with van der Waals surface area (Å²) in [4.78, 5) is 11.4. The number of hydrogen-bond acceptors (Lipinski definition) is 5. The molecule has 0 aliphatic heterocycles. The van der Waals surface area contributed by atoms with Crippen molar-refractivity contribution in [2.45, 2.75) is 26.3 Å². The molecular formula is C15H19N3O3. The molecule has 2 aromatic rings. The third-order valence-corrected chi connectivity index (χ3v) is 3.45. The molecule has 21 heavy (non-hydrogen) atoms. The van der Waals surface area contributed by atoms with Crippen molar-refractivity contribution in [1.82, 2.24) is 10.2 Å². The fourth-order valence-electron chi connectivity index (χ4n) is 2.25. The number of aliphatic hydroxyl groups is 1. The molecule has 0 fully saturated rings. The molecule has 0 saturated heterocycles. The number of aromatic carboxylic acids is 1. The number of aromatic nitrogens is 2. The van der Waals surface area contributed by atoms with Crippen LogP contribution in [0.2, 0.25) is 0 Å². The van der Waals surface area contributed by atoms with Crippen molar-refractivity contribution in [1.29, 1.82) is 0 Å². The Morgan fingerprint density at radius 2 is 2.00 bits per heavy atom. The van der Waals surface area contributed by atoms with E-state index in [0.717, 1.165) is 0 Å². The van der Waals surface area contributed by atoms with Gasteiger partial charge in [-0.3, -0.25) is 0 Å². The normalized spacial score (nSPS) is 12.6. The first-order valence-electron chi connectivity index (χ1n) is 6.90. The summed E-state index contributed by atoms with van der Waals surface area (Å²) in [6, 6.07) is 7.22. The van der Waals surface area contributed by atoms with Crippen LogP contribution in [0.25, 0.3) is 10.9 Å². The van der Waals surface area contributed by atoms with E-state index >= 15 is 0 Å². The van der Waals surface area contributed by atoms with Gasteiger partial charge in [-0.25, -0.2) is 4.79 Å². The van der Waals surface area contributed by atoms with Crippen LogP contribution >= 0.6 is 0 Å². The standard InChI is InChI=1S/C15H19N3O3/c1-9(2)11(7-8-19)16-13-10-5-3-4-6-12(10)17-18-14(13)15(20)21/h3-6,9,11,19H,7-8H2,1-2H3,(H,16,17)(H,20,21). The molecule has 3 N–H and O–H groups in total. The number of aliphatic hydroxyl groups excluding tert-OH is 1. The highest BCUT2D eigenvalue weighted by Crippen LogP contribution is 2.26. The van der Waals surface area contributed by atoms with E-state index in [0.29, 0.717) is 23.0 Å². The van der Waals surface area contributed by atoms with Crippen LogP contribution in [0.15, 0.2) is 24.3 Å². The minimum absolute atomic E-state index is 0.0364. The number of fused-ring (bicyclic) bond motifs is 1. The second-order valence-electron chi connectivity index (χ2n) is 5.25. The molecule has 6 nitrogen and oxygen atoms in total. The lowest BCUT2D eigenvalue weighted by Gasteiger charge is -2.24. The lowest BCUT2D eigenvalue weighted by Crippen LogP contribution is -2.28. The van der Waals surface area contributed by atoms with Gasteiger partial charge in [0.15, 0.2) is 5.69 Å². The van der Waals surface area contributed by atoms with Crippen LogP contribution in [0.3, 0.4) is 0 Å². The first-order valence-corrected chi connectivity index (χ1v) is 6.90. The van der Waals surface area contributed by atoms with Gasteiger partial charge in [-0.05, 0) is 18.4 Å². The van der Waals surface area contributed by atoms with Crippen molar-refractivity contribution in [3.05, 3.63) is 30.0 Å². The maximum absolute atomic E-state index is 11.4. The molecule has 1 heterocycles. The van der Waals surface area contributed by atoms with E-state index in [-0.39, 0.29) is 24.3 Å². The molecule has 0 spiro atoms. The number of anilines is 1. The van der Waals surface area contributed by atoms with Gasteiger partial charge < -0.3 is 15.5 Å². The highest BCUT2D eigenvalue weighted by atomic mass is 16.4. The number of benzene rings is 1. The molecule has 6 heteroatoms. The molecule has 0 aliphatic rings. The number of hydrogen-bond donors (Lipinski definition) is 3. The number of carboxylic acid groups (broad SMARTS) is 1. The molecule has 0 saturated carbocycles. The van der Waals surface area contributed by atoms with Crippen LogP contribution in [0.4, 0.5) is 5.69 Å². The monoisotopic (exact) mass is 289 g/mol. The van der Waals surface area contributed by atoms with Crippen LogP contribution in [-0.2, 0) is 0 Å². The molecule has 2 rings (SSSR count). The Kier molecular flexibility index (Phi) is 4.70. The summed E-state index contributed by atoms with van der Waals surface area (Å²) in [5, 5.41) is 30.2. The van der Waals surface area contributed by atoms with Crippen molar-refractivity contribution >= 4 is 22.6 Å².